The molecule has 0 aliphatic heterocycles. The molecule has 0 spiro atoms. The van der Waals surface area contributed by atoms with Gasteiger partial charge >= 0.3 is 0 Å². The van der Waals surface area contributed by atoms with Crippen LogP contribution in [0.1, 0.15) is 16.7 Å². The van der Waals surface area contributed by atoms with E-state index in [-0.39, 0.29) is 0 Å². The van der Waals surface area contributed by atoms with E-state index in [1.807, 2.05) is 6.07 Å². The summed E-state index contributed by atoms with van der Waals surface area (Å²) in [5.41, 5.74) is 6.07. The number of benzene rings is 1. The third-order valence-electron chi connectivity index (χ3n) is 2.70. The van der Waals surface area contributed by atoms with Crippen LogP contribution in [0.5, 0.6) is 0 Å². The van der Waals surface area contributed by atoms with Crippen molar-refractivity contribution in [3.8, 4) is 11.3 Å². The zero-order valence-corrected chi connectivity index (χ0v) is 9.28. The highest BCUT2D eigenvalue weighted by Gasteiger charge is 2.04. The molecule has 2 aromatic rings. The molecule has 2 nitrogen and oxygen atoms in total. The molecule has 0 saturated carbocycles. The highest BCUT2D eigenvalue weighted by atomic mass is 14.8. The topological polar surface area (TPSA) is 25.8 Å². The summed E-state index contributed by atoms with van der Waals surface area (Å²) in [5.74, 6) is 0. The number of hydrogen-bond donors (Lipinski definition) is 0. The first-order chi connectivity index (χ1) is 7.18. The highest BCUT2D eigenvalue weighted by molar-refractivity contribution is 5.64. The largest absolute Gasteiger partial charge is 0.245 e. The Kier molecular flexibility index (Phi) is 2.50. The molecule has 0 radical (unpaired) electrons. The number of rotatable bonds is 1. The van der Waals surface area contributed by atoms with Crippen LogP contribution >= 0.6 is 0 Å². The van der Waals surface area contributed by atoms with Crippen molar-refractivity contribution in [3.05, 3.63) is 47.4 Å². The van der Waals surface area contributed by atoms with Gasteiger partial charge in [-0.1, -0.05) is 6.07 Å². The smallest absolute Gasteiger partial charge is 0.116 e. The SMILES string of the molecule is Cc1cc(C)c(-c2ccncn2)cc1C. The molecule has 1 heterocycles. The molecule has 0 fully saturated rings. The lowest BCUT2D eigenvalue weighted by atomic mass is 9.99. The fourth-order valence-electron chi connectivity index (χ4n) is 1.69. The predicted molar refractivity (Wildman–Crippen MR) is 61.7 cm³/mol. The third kappa shape index (κ3) is 1.89. The maximum atomic E-state index is 4.27. The average molecular weight is 198 g/mol. The zero-order valence-electron chi connectivity index (χ0n) is 9.28. The maximum Gasteiger partial charge on any atom is 0.116 e. The molecule has 2 heteroatoms. The number of nitrogens with zero attached hydrogens (tertiary/aromatic N) is 2. The molecule has 15 heavy (non-hydrogen) atoms. The van der Waals surface area contributed by atoms with E-state index in [2.05, 4.69) is 42.9 Å². The number of aromatic nitrogens is 2. The van der Waals surface area contributed by atoms with E-state index in [0.717, 1.165) is 5.69 Å². The van der Waals surface area contributed by atoms with Crippen LogP contribution in [0, 0.1) is 20.8 Å². The summed E-state index contributed by atoms with van der Waals surface area (Å²) >= 11 is 0. The van der Waals surface area contributed by atoms with Gasteiger partial charge in [0.2, 0.25) is 0 Å². The maximum absolute atomic E-state index is 4.27. The monoisotopic (exact) mass is 198 g/mol. The molecule has 0 saturated heterocycles. The molecule has 1 aromatic heterocycles. The second kappa shape index (κ2) is 3.81. The molecule has 0 aliphatic rings. The summed E-state index contributed by atoms with van der Waals surface area (Å²) in [5, 5.41) is 0. The molecule has 76 valence electrons. The molecule has 0 amide bonds. The zero-order chi connectivity index (χ0) is 10.8. The van der Waals surface area contributed by atoms with Crippen LogP contribution in [-0.2, 0) is 0 Å². The lowest BCUT2D eigenvalue weighted by molar-refractivity contribution is 1.16. The van der Waals surface area contributed by atoms with Crippen molar-refractivity contribution < 1.29 is 0 Å². The first-order valence-electron chi connectivity index (χ1n) is 5.02. The Balaban J connectivity index is 2.59. The van der Waals surface area contributed by atoms with Gasteiger partial charge in [-0.3, -0.25) is 0 Å². The van der Waals surface area contributed by atoms with Gasteiger partial charge in [0.1, 0.15) is 6.33 Å². The van der Waals surface area contributed by atoms with E-state index in [0.29, 0.717) is 0 Å². The molecule has 0 aliphatic carbocycles. The van der Waals surface area contributed by atoms with Crippen LogP contribution in [0.25, 0.3) is 11.3 Å². The lowest BCUT2D eigenvalue weighted by Crippen LogP contribution is -1.91. The average Bonchev–Trinajstić information content (AvgIpc) is 2.25. The Morgan fingerprint density at radius 3 is 2.33 bits per heavy atom. The van der Waals surface area contributed by atoms with Gasteiger partial charge < -0.3 is 0 Å². The Labute approximate surface area is 90.0 Å². The Bertz CT molecular complexity index is 475. The van der Waals surface area contributed by atoms with E-state index in [9.17, 15) is 0 Å². The Hall–Kier alpha value is -1.70. The normalized spacial score (nSPS) is 10.3. The molecule has 0 unspecified atom stereocenters. The summed E-state index contributed by atoms with van der Waals surface area (Å²) in [6.45, 7) is 6.37. The molecule has 0 atom stereocenters. The van der Waals surface area contributed by atoms with Gasteiger partial charge in [-0.15, -0.1) is 0 Å². The van der Waals surface area contributed by atoms with Gasteiger partial charge in [0.05, 0.1) is 5.69 Å². The number of hydrogen-bond acceptors (Lipinski definition) is 2. The van der Waals surface area contributed by atoms with Crippen LogP contribution in [0.3, 0.4) is 0 Å². The van der Waals surface area contributed by atoms with Gasteiger partial charge in [-0.2, -0.15) is 0 Å². The second-order valence-corrected chi connectivity index (χ2v) is 3.85. The van der Waals surface area contributed by atoms with E-state index in [1.165, 1.54) is 22.3 Å². The van der Waals surface area contributed by atoms with Crippen molar-refractivity contribution in [2.24, 2.45) is 0 Å². The van der Waals surface area contributed by atoms with Crippen molar-refractivity contribution in [3.63, 3.8) is 0 Å². The first-order valence-corrected chi connectivity index (χ1v) is 5.02. The van der Waals surface area contributed by atoms with Gasteiger partial charge in [0.15, 0.2) is 0 Å². The van der Waals surface area contributed by atoms with Crippen molar-refractivity contribution in [1.82, 2.24) is 9.97 Å². The van der Waals surface area contributed by atoms with Gasteiger partial charge in [0.25, 0.3) is 0 Å². The van der Waals surface area contributed by atoms with Gasteiger partial charge in [-0.05, 0) is 49.6 Å². The molecular weight excluding hydrogens is 184 g/mol. The molecule has 0 bridgehead atoms. The minimum atomic E-state index is 0.991. The Morgan fingerprint density at radius 2 is 1.67 bits per heavy atom. The second-order valence-electron chi connectivity index (χ2n) is 3.85. The minimum Gasteiger partial charge on any atom is -0.245 e. The lowest BCUT2D eigenvalue weighted by Gasteiger charge is -2.08. The van der Waals surface area contributed by atoms with Crippen molar-refractivity contribution in [1.29, 1.82) is 0 Å². The minimum absolute atomic E-state index is 0.991. The van der Waals surface area contributed by atoms with E-state index in [1.54, 1.807) is 12.5 Å². The van der Waals surface area contributed by atoms with Crippen LogP contribution in [0.4, 0.5) is 0 Å². The van der Waals surface area contributed by atoms with Crippen molar-refractivity contribution in [2.45, 2.75) is 20.8 Å². The third-order valence-corrected chi connectivity index (χ3v) is 2.70. The summed E-state index contributed by atoms with van der Waals surface area (Å²) < 4.78 is 0. The highest BCUT2D eigenvalue weighted by Crippen LogP contribution is 2.23. The fraction of sp³-hybridized carbons (Fsp3) is 0.231. The molecule has 1 aromatic carbocycles. The fourth-order valence-corrected chi connectivity index (χ4v) is 1.69. The summed E-state index contributed by atoms with van der Waals surface area (Å²) in [6, 6.07) is 6.33. The number of aryl methyl sites for hydroxylation is 3. The molecule has 2 rings (SSSR count). The predicted octanol–water partition coefficient (Wildman–Crippen LogP) is 3.07. The van der Waals surface area contributed by atoms with Crippen LogP contribution in [0.2, 0.25) is 0 Å². The van der Waals surface area contributed by atoms with Crippen LogP contribution in [0.15, 0.2) is 30.7 Å². The van der Waals surface area contributed by atoms with E-state index >= 15 is 0 Å². The summed E-state index contributed by atoms with van der Waals surface area (Å²) in [6.07, 6.45) is 3.36. The summed E-state index contributed by atoms with van der Waals surface area (Å²) in [4.78, 5) is 8.20. The molecule has 0 N–H and O–H groups in total. The van der Waals surface area contributed by atoms with Gasteiger partial charge in [-0.25, -0.2) is 9.97 Å². The van der Waals surface area contributed by atoms with Crippen molar-refractivity contribution >= 4 is 0 Å². The Morgan fingerprint density at radius 1 is 0.933 bits per heavy atom. The quantitative estimate of drug-likeness (QED) is 0.703. The van der Waals surface area contributed by atoms with Crippen LogP contribution < -0.4 is 0 Å². The van der Waals surface area contributed by atoms with Gasteiger partial charge in [0, 0.05) is 11.8 Å². The van der Waals surface area contributed by atoms with Crippen LogP contribution in [-0.4, -0.2) is 9.97 Å². The standard InChI is InChI=1S/C13H14N2/c1-9-6-11(3)12(7-10(9)2)13-4-5-14-8-15-13/h4-8H,1-3H3. The first kappa shape index (κ1) is 9.84. The summed E-state index contributed by atoms with van der Waals surface area (Å²) in [7, 11) is 0. The van der Waals surface area contributed by atoms with Crippen molar-refractivity contribution in [2.75, 3.05) is 0 Å². The molecular formula is C13H14N2. The van der Waals surface area contributed by atoms with E-state index < -0.39 is 0 Å². The van der Waals surface area contributed by atoms with E-state index in [4.69, 9.17) is 0 Å².